The van der Waals surface area contributed by atoms with Crippen molar-refractivity contribution >= 4 is 15.9 Å². The van der Waals surface area contributed by atoms with Gasteiger partial charge in [-0.15, -0.1) is 0 Å². The summed E-state index contributed by atoms with van der Waals surface area (Å²) in [6.07, 6.45) is -13.6. The van der Waals surface area contributed by atoms with Gasteiger partial charge < -0.3 is 47.7 Å². The standard InChI is InChI=1S/C37H52F6N2O9.C22H33F3N2O5.C16H22BrF3O4/c1-21-5-7-23-19-33(37(41,42)43,50-30-34(23)25(21)9-11-32(4,49-30)51-53-34)46-18-17-44-13-15-45(16-14-44)20-24-27-8-6-22(2)26-10-12-31(3)48-29(35(26,27)54-52-31)47-28(24)36(38,39)40;1-14-3-4-17-15(13-27-9-7-26(8-10-27)11-12-28)18(22(23,24)25)29-19-21(17)16(14)5-6-20(2,30-19)31-32-21;1-8-4-5-11-9(2)15(17,16(18,19)20)22-12-14(11)10(8)6-7-13(3,21-12)23-24-14/h21-23,25-27,29-30H,5-20H2,1-4H3;14,16-17,19,28H,3-13H2,1-2H3;8-12H,4-7H2,1-3H3/t21-,22-,23+,25?,26?,27+,29-,30+,31-,32+,33-,34+,35-;14-,16?,17+,19-,20+,21-;8-,9-,10?,11+,12+,13+,14-,15-/m111/s1. The van der Waals surface area contributed by atoms with Crippen molar-refractivity contribution in [1.82, 2.24) is 19.6 Å². The van der Waals surface area contributed by atoms with Crippen LogP contribution in [-0.4, -0.2) is 222 Å². The van der Waals surface area contributed by atoms with E-state index in [-0.39, 0.29) is 91.3 Å². The molecule has 22 rings (SSSR count). The van der Waals surface area contributed by atoms with Gasteiger partial charge in [-0.3, -0.25) is 19.6 Å². The zero-order valence-electron chi connectivity index (χ0n) is 63.8. The first-order valence-electron chi connectivity index (χ1n) is 40.0. The third-order valence-electron chi connectivity index (χ3n) is 29.4. The lowest BCUT2D eigenvalue weighted by atomic mass is 9.57. The molecule has 0 aromatic heterocycles. The molecule has 0 amide bonds. The first kappa shape index (κ1) is 81.7. The van der Waals surface area contributed by atoms with Gasteiger partial charge in [-0.05, 0) is 167 Å². The minimum atomic E-state index is -4.85. The van der Waals surface area contributed by atoms with Crippen molar-refractivity contribution in [2.24, 2.45) is 76.9 Å². The molecule has 18 heterocycles. The molecule has 20 fully saturated rings. The Morgan fingerprint density at radius 2 is 0.782 bits per heavy atom. The Bertz CT molecular complexity index is 3450. The van der Waals surface area contributed by atoms with E-state index in [9.17, 15) is 39.5 Å². The largest absolute Gasteiger partial charge is 0.456 e. The number of rotatable bonds is 10. The minimum absolute atomic E-state index is 0.00163. The van der Waals surface area contributed by atoms with Crippen molar-refractivity contribution in [3.8, 4) is 0 Å². The van der Waals surface area contributed by atoms with E-state index in [1.807, 2.05) is 14.7 Å². The number of piperazine rings is 2. The van der Waals surface area contributed by atoms with E-state index >= 15 is 13.2 Å². The van der Waals surface area contributed by atoms with Crippen LogP contribution in [0, 0.1) is 76.9 Å². The van der Waals surface area contributed by atoms with Gasteiger partial charge in [0, 0.05) is 152 Å². The predicted octanol–water partition coefficient (Wildman–Crippen LogP) is 13.8. The van der Waals surface area contributed by atoms with Gasteiger partial charge in [0.05, 0.1) is 13.2 Å². The summed E-state index contributed by atoms with van der Waals surface area (Å²) >= 11 is 2.87. The van der Waals surface area contributed by atoms with E-state index < -0.39 is 147 Å². The van der Waals surface area contributed by atoms with E-state index in [1.54, 1.807) is 34.6 Å². The number of hydrogen-bond donors (Lipinski definition) is 1. The third kappa shape index (κ3) is 13.4. The summed E-state index contributed by atoms with van der Waals surface area (Å²) in [7, 11) is 0. The lowest BCUT2D eigenvalue weighted by Crippen LogP contribution is -2.74. The molecule has 27 atom stereocenters. The molecule has 35 heteroatoms. The second-order valence-electron chi connectivity index (χ2n) is 36.0. The van der Waals surface area contributed by atoms with E-state index in [4.69, 9.17) is 86.8 Å². The fraction of sp³-hybridized carbons (Fsp3) is 0.947. The molecule has 0 aromatic carbocycles. The van der Waals surface area contributed by atoms with Gasteiger partial charge in [-0.1, -0.05) is 34.6 Å². The smallest absolute Gasteiger partial charge is 0.449 e. The Balaban J connectivity index is 0.000000138. The topological polar surface area (TPSA) is 190 Å². The van der Waals surface area contributed by atoms with Crippen LogP contribution in [-0.2, 0) is 81.7 Å². The van der Waals surface area contributed by atoms with Crippen LogP contribution in [0.3, 0.4) is 0 Å². The average molecular weight is 1660 g/mol. The second-order valence-corrected chi connectivity index (χ2v) is 37.2. The Kier molecular flexibility index (Phi) is 21.2. The fourth-order valence-corrected chi connectivity index (χ4v) is 23.8. The number of nitrogens with zero attached hydrogens (tertiary/aromatic N) is 4. The Labute approximate surface area is 641 Å². The number of aliphatic hydroxyl groups excluding tert-OH is 1. The number of aliphatic hydroxyl groups is 1. The first-order valence-corrected chi connectivity index (χ1v) is 40.8. The highest BCUT2D eigenvalue weighted by Crippen LogP contribution is 2.69. The van der Waals surface area contributed by atoms with Gasteiger partial charge in [0.2, 0.25) is 51.8 Å². The number of allylic oxidation sites excluding steroid dienone is 2. The summed E-state index contributed by atoms with van der Waals surface area (Å²) < 4.78 is 224. The molecular weight excluding hydrogens is 1550 g/mol. The van der Waals surface area contributed by atoms with Crippen molar-refractivity contribution in [2.45, 2.75) is 277 Å². The van der Waals surface area contributed by atoms with Gasteiger partial charge in [0.25, 0.3) is 5.79 Å². The molecule has 4 unspecified atom stereocenters. The molecule has 626 valence electrons. The molecule has 22 nitrogen and oxygen atoms in total. The molecule has 22 aliphatic rings. The zero-order chi connectivity index (χ0) is 78.4. The number of alkyl halides is 13. The van der Waals surface area contributed by atoms with Crippen molar-refractivity contribution in [3.05, 3.63) is 22.7 Å². The second kappa shape index (κ2) is 28.6. The van der Waals surface area contributed by atoms with E-state index in [0.29, 0.717) is 116 Å². The van der Waals surface area contributed by atoms with Crippen LogP contribution in [0.4, 0.5) is 52.7 Å². The fourth-order valence-electron chi connectivity index (χ4n) is 23.4. The van der Waals surface area contributed by atoms with E-state index in [0.717, 1.165) is 51.6 Å². The summed E-state index contributed by atoms with van der Waals surface area (Å²) in [5.74, 6) is -11.4. The maximum absolute atomic E-state index is 15.0. The van der Waals surface area contributed by atoms with Crippen molar-refractivity contribution in [3.63, 3.8) is 0 Å². The van der Waals surface area contributed by atoms with Crippen molar-refractivity contribution in [1.29, 1.82) is 0 Å². The highest BCUT2D eigenvalue weighted by Gasteiger charge is 2.79. The number of β-amino-alcohol motifs (C(OH)–C–C–N with tert-alkyl or cyclic N) is 1. The molecule has 4 spiro atoms. The first-order chi connectivity index (χ1) is 51.6. The van der Waals surface area contributed by atoms with Gasteiger partial charge >= 0.3 is 24.7 Å². The number of fused-ring (bicyclic) bond motifs is 8. The summed E-state index contributed by atoms with van der Waals surface area (Å²) in [4.78, 5) is 54.8. The maximum atomic E-state index is 15.0. The molecule has 18 aliphatic heterocycles. The molecule has 0 aromatic rings. The predicted molar refractivity (Wildman–Crippen MR) is 361 cm³/mol. The van der Waals surface area contributed by atoms with E-state index in [1.165, 1.54) is 0 Å². The van der Waals surface area contributed by atoms with Gasteiger partial charge in [0.15, 0.2) is 35.0 Å². The molecule has 4 saturated carbocycles. The quantitative estimate of drug-likeness (QED) is 0.123. The van der Waals surface area contributed by atoms with Gasteiger partial charge in [-0.2, -0.15) is 52.7 Å². The highest BCUT2D eigenvalue weighted by atomic mass is 79.9. The van der Waals surface area contributed by atoms with Crippen molar-refractivity contribution < 1.29 is 140 Å². The lowest BCUT2D eigenvalue weighted by molar-refractivity contribution is -0.592. The van der Waals surface area contributed by atoms with Crippen LogP contribution in [0.2, 0.25) is 0 Å². The molecule has 110 heavy (non-hydrogen) atoms. The molecule has 0 radical (unpaired) electrons. The monoisotopic (exact) mass is 1660 g/mol. The van der Waals surface area contributed by atoms with Crippen LogP contribution in [0.1, 0.15) is 171 Å². The summed E-state index contributed by atoms with van der Waals surface area (Å²) in [5.41, 5.74) is -3.97. The molecule has 4 aliphatic carbocycles. The summed E-state index contributed by atoms with van der Waals surface area (Å²) in [6, 6.07) is 0. The number of ether oxygens (including phenoxy) is 9. The molecule has 16 saturated heterocycles. The summed E-state index contributed by atoms with van der Waals surface area (Å²) in [5, 5.41) is 9.16. The van der Waals surface area contributed by atoms with Crippen LogP contribution in [0.5, 0.6) is 0 Å². The van der Waals surface area contributed by atoms with Gasteiger partial charge in [0.1, 0.15) is 0 Å². The van der Waals surface area contributed by atoms with Gasteiger partial charge in [-0.25, -0.2) is 39.1 Å². The van der Waals surface area contributed by atoms with Crippen LogP contribution in [0.25, 0.3) is 0 Å². The maximum Gasteiger partial charge on any atom is 0.449 e. The van der Waals surface area contributed by atoms with Crippen LogP contribution < -0.4 is 0 Å². The van der Waals surface area contributed by atoms with Crippen LogP contribution in [0.15, 0.2) is 22.7 Å². The normalized spacial score (nSPS) is 49.4. The molecule has 1 N–H and O–H groups in total. The minimum Gasteiger partial charge on any atom is -0.456 e. The summed E-state index contributed by atoms with van der Waals surface area (Å²) in [6.45, 7) is 21.9. The molecular formula is C75H107BrF12N4O18. The van der Waals surface area contributed by atoms with Crippen molar-refractivity contribution in [2.75, 3.05) is 91.8 Å². The zero-order valence-corrected chi connectivity index (χ0v) is 65.4. The molecule has 8 bridgehead atoms. The Hall–Kier alpha value is -2.08. The van der Waals surface area contributed by atoms with Crippen LogP contribution >= 0.6 is 15.9 Å². The Morgan fingerprint density at radius 3 is 1.21 bits per heavy atom. The Morgan fingerprint density at radius 1 is 0.409 bits per heavy atom. The average Bonchev–Trinajstić information content (AvgIpc) is 1.37. The van der Waals surface area contributed by atoms with E-state index in [2.05, 4.69) is 48.5 Å². The lowest BCUT2D eigenvalue weighted by Gasteiger charge is -2.62. The highest BCUT2D eigenvalue weighted by molar-refractivity contribution is 9.10. The third-order valence-corrected chi connectivity index (χ3v) is 30.8. The SMILES string of the molecule is C[C@@H]1CC[C@H]2C(CN3CCN(CCO)CC3)=C(C(F)(F)F)O[C@@H]3O[C@]4(C)CCC1[C@]32OO4.C[C@@H]1CC[C@H]2C[C@](OCCN3CCN(CC4=C(C(F)(F)F)O[C@@H]5O[C@@]6(C)CCC7[C@H](C)CC[C@@H]4[C@]75OO6)CC3)(C(F)(F)F)O[C@@H]3O[C@]4(C)CCC1[C@@]23OO4.C[C@@H]1CC[C@H]2[C@@H](C)[C@](Br)(C(F)(F)F)O[C@@H]3O[C@]4(C)CCC1[C@]32OO4. The number of hydrogen-bond acceptors (Lipinski definition) is 22. The number of halogens is 13.